The fourth-order valence-corrected chi connectivity index (χ4v) is 2.46. The number of thiazole rings is 1. The van der Waals surface area contributed by atoms with Crippen molar-refractivity contribution in [2.75, 3.05) is 12.4 Å². The highest BCUT2D eigenvalue weighted by atomic mass is 32.1. The highest BCUT2D eigenvalue weighted by Crippen LogP contribution is 2.16. The van der Waals surface area contributed by atoms with Crippen molar-refractivity contribution in [1.29, 1.82) is 0 Å². The minimum Gasteiger partial charge on any atom is -0.385 e. The average Bonchev–Trinajstić information content (AvgIpc) is 2.89. The maximum Gasteiger partial charge on any atom is 0.272 e. The Morgan fingerprint density at radius 2 is 2.14 bits per heavy atom. The van der Waals surface area contributed by atoms with Crippen LogP contribution in [0.1, 0.15) is 46.8 Å². The minimum atomic E-state index is -0.225. The number of aryl methyl sites for hydroxylation is 1. The number of carbonyl (C=O) groups is 1. The minimum absolute atomic E-state index is 0.170. The van der Waals surface area contributed by atoms with Gasteiger partial charge in [-0.3, -0.25) is 4.79 Å². The molecule has 0 fully saturated rings. The highest BCUT2D eigenvalue weighted by molar-refractivity contribution is 7.09. The van der Waals surface area contributed by atoms with Crippen molar-refractivity contribution >= 4 is 22.9 Å². The first-order chi connectivity index (χ1) is 10.0. The molecule has 0 aliphatic carbocycles. The second-order valence-corrected chi connectivity index (χ2v) is 5.90. The number of aromatic nitrogens is 3. The molecule has 2 N–H and O–H groups in total. The van der Waals surface area contributed by atoms with Crippen molar-refractivity contribution in [3.8, 4) is 0 Å². The number of nitrogens with zero attached hydrogens (tertiary/aromatic N) is 3. The van der Waals surface area contributed by atoms with Gasteiger partial charge in [0.1, 0.15) is 10.8 Å². The smallest absolute Gasteiger partial charge is 0.272 e. The van der Waals surface area contributed by atoms with Crippen molar-refractivity contribution < 1.29 is 4.79 Å². The third-order valence-electron chi connectivity index (χ3n) is 2.87. The van der Waals surface area contributed by atoms with Crippen molar-refractivity contribution in [1.82, 2.24) is 20.3 Å². The number of hydrogen-bond acceptors (Lipinski definition) is 6. The van der Waals surface area contributed by atoms with Crippen LogP contribution >= 0.6 is 11.3 Å². The molecule has 2 rings (SSSR count). The van der Waals surface area contributed by atoms with E-state index in [-0.39, 0.29) is 11.8 Å². The molecule has 0 bridgehead atoms. The third kappa shape index (κ3) is 3.75. The number of nitrogens with one attached hydrogen (secondary N) is 2. The summed E-state index contributed by atoms with van der Waals surface area (Å²) in [6.45, 7) is 6.32. The zero-order valence-electron chi connectivity index (χ0n) is 12.6. The summed E-state index contributed by atoms with van der Waals surface area (Å²) in [6.07, 6.45) is 1.64. The summed E-state index contributed by atoms with van der Waals surface area (Å²) in [5.41, 5.74) is 1.95. The van der Waals surface area contributed by atoms with Crippen LogP contribution in [0.5, 0.6) is 0 Å². The normalized spacial score (nSPS) is 10.7. The summed E-state index contributed by atoms with van der Waals surface area (Å²) in [6, 6.07) is 0. The van der Waals surface area contributed by atoms with Gasteiger partial charge in [-0.2, -0.15) is 0 Å². The van der Waals surface area contributed by atoms with Gasteiger partial charge in [0.15, 0.2) is 5.69 Å². The SMILES string of the molecule is CNc1cnc(C(C)C)nc1C(=O)NCc1nc(C)cs1. The van der Waals surface area contributed by atoms with Crippen LogP contribution in [-0.4, -0.2) is 27.9 Å². The van der Waals surface area contributed by atoms with E-state index < -0.39 is 0 Å². The van der Waals surface area contributed by atoms with Gasteiger partial charge < -0.3 is 10.6 Å². The van der Waals surface area contributed by atoms with Crippen LogP contribution in [0.3, 0.4) is 0 Å². The summed E-state index contributed by atoms with van der Waals surface area (Å²) in [5, 5.41) is 8.63. The van der Waals surface area contributed by atoms with Gasteiger partial charge in [-0.1, -0.05) is 13.8 Å². The topological polar surface area (TPSA) is 79.8 Å². The number of amides is 1. The fraction of sp³-hybridized carbons (Fsp3) is 0.429. The zero-order chi connectivity index (χ0) is 15.4. The van der Waals surface area contributed by atoms with E-state index in [4.69, 9.17) is 0 Å². The first-order valence-electron chi connectivity index (χ1n) is 6.75. The van der Waals surface area contributed by atoms with Crippen molar-refractivity contribution in [3.05, 3.63) is 33.8 Å². The van der Waals surface area contributed by atoms with Gasteiger partial charge in [0, 0.05) is 24.0 Å². The Kier molecular flexibility index (Phi) is 4.85. The predicted molar refractivity (Wildman–Crippen MR) is 83.7 cm³/mol. The second-order valence-electron chi connectivity index (χ2n) is 4.96. The quantitative estimate of drug-likeness (QED) is 0.886. The Hall–Kier alpha value is -2.02. The molecule has 0 unspecified atom stereocenters. The highest BCUT2D eigenvalue weighted by Gasteiger charge is 2.16. The van der Waals surface area contributed by atoms with E-state index >= 15 is 0 Å². The molecule has 6 nitrogen and oxygen atoms in total. The second kappa shape index (κ2) is 6.62. The molecule has 0 radical (unpaired) electrons. The Morgan fingerprint density at radius 1 is 1.38 bits per heavy atom. The number of anilines is 1. The van der Waals surface area contributed by atoms with Crippen LogP contribution in [0, 0.1) is 6.92 Å². The Bertz CT molecular complexity index is 638. The molecule has 0 aromatic carbocycles. The average molecular weight is 305 g/mol. The molecule has 112 valence electrons. The van der Waals surface area contributed by atoms with Gasteiger partial charge in [-0.05, 0) is 6.92 Å². The predicted octanol–water partition coefficient (Wildman–Crippen LogP) is 2.34. The molecular formula is C14H19N5OS. The lowest BCUT2D eigenvalue weighted by molar-refractivity contribution is 0.0946. The summed E-state index contributed by atoms with van der Waals surface area (Å²) in [4.78, 5) is 25.2. The van der Waals surface area contributed by atoms with Crippen LogP contribution < -0.4 is 10.6 Å². The Labute approximate surface area is 128 Å². The first-order valence-corrected chi connectivity index (χ1v) is 7.63. The van der Waals surface area contributed by atoms with Gasteiger partial charge >= 0.3 is 0 Å². The molecule has 0 aliphatic rings. The largest absolute Gasteiger partial charge is 0.385 e. The molecule has 2 heterocycles. The van der Waals surface area contributed by atoms with E-state index in [1.54, 1.807) is 13.2 Å². The van der Waals surface area contributed by atoms with Crippen LogP contribution in [0.15, 0.2) is 11.6 Å². The molecule has 1 amide bonds. The molecule has 0 spiro atoms. The molecule has 7 heteroatoms. The Morgan fingerprint density at radius 3 is 2.71 bits per heavy atom. The van der Waals surface area contributed by atoms with Crippen LogP contribution in [-0.2, 0) is 6.54 Å². The maximum atomic E-state index is 12.3. The summed E-state index contributed by atoms with van der Waals surface area (Å²) < 4.78 is 0. The molecule has 0 atom stereocenters. The molecular weight excluding hydrogens is 286 g/mol. The molecule has 2 aromatic heterocycles. The van der Waals surface area contributed by atoms with E-state index in [9.17, 15) is 4.79 Å². The molecule has 0 saturated heterocycles. The third-order valence-corrected chi connectivity index (χ3v) is 3.84. The van der Waals surface area contributed by atoms with E-state index in [1.165, 1.54) is 11.3 Å². The summed E-state index contributed by atoms with van der Waals surface area (Å²) >= 11 is 1.53. The van der Waals surface area contributed by atoms with Gasteiger partial charge in [-0.25, -0.2) is 15.0 Å². The van der Waals surface area contributed by atoms with E-state index in [0.717, 1.165) is 10.7 Å². The monoisotopic (exact) mass is 305 g/mol. The van der Waals surface area contributed by atoms with Crippen molar-refractivity contribution in [2.45, 2.75) is 33.2 Å². The van der Waals surface area contributed by atoms with Crippen LogP contribution in [0.25, 0.3) is 0 Å². The number of carbonyl (C=O) groups excluding carboxylic acids is 1. The van der Waals surface area contributed by atoms with E-state index in [0.29, 0.717) is 23.8 Å². The number of hydrogen-bond donors (Lipinski definition) is 2. The lowest BCUT2D eigenvalue weighted by Gasteiger charge is -2.11. The molecule has 0 saturated carbocycles. The van der Waals surface area contributed by atoms with Crippen molar-refractivity contribution in [2.24, 2.45) is 0 Å². The molecule has 0 aliphatic heterocycles. The number of rotatable bonds is 5. The van der Waals surface area contributed by atoms with E-state index in [2.05, 4.69) is 25.6 Å². The van der Waals surface area contributed by atoms with Crippen LogP contribution in [0.2, 0.25) is 0 Å². The van der Waals surface area contributed by atoms with Gasteiger partial charge in [0.05, 0.1) is 18.4 Å². The lowest BCUT2D eigenvalue weighted by atomic mass is 10.2. The summed E-state index contributed by atoms with van der Waals surface area (Å²) in [7, 11) is 1.74. The van der Waals surface area contributed by atoms with E-state index in [1.807, 2.05) is 26.2 Å². The molecule has 21 heavy (non-hydrogen) atoms. The van der Waals surface area contributed by atoms with Crippen LogP contribution in [0.4, 0.5) is 5.69 Å². The van der Waals surface area contributed by atoms with Crippen molar-refractivity contribution in [3.63, 3.8) is 0 Å². The van der Waals surface area contributed by atoms with Gasteiger partial charge in [-0.15, -0.1) is 11.3 Å². The fourth-order valence-electron chi connectivity index (χ4n) is 1.75. The van der Waals surface area contributed by atoms with Gasteiger partial charge in [0.2, 0.25) is 0 Å². The lowest BCUT2D eigenvalue weighted by Crippen LogP contribution is -2.25. The Balaban J connectivity index is 2.15. The first kappa shape index (κ1) is 15.4. The molecule has 2 aromatic rings. The zero-order valence-corrected chi connectivity index (χ0v) is 13.4. The standard InChI is InChI=1S/C14H19N5OS/c1-8(2)13-16-5-10(15-4)12(19-13)14(20)17-6-11-18-9(3)7-21-11/h5,7-8,15H,6H2,1-4H3,(H,17,20). The maximum absolute atomic E-state index is 12.3. The van der Waals surface area contributed by atoms with Gasteiger partial charge in [0.25, 0.3) is 5.91 Å². The summed E-state index contributed by atoms with van der Waals surface area (Å²) in [5.74, 6) is 0.602.